The van der Waals surface area contributed by atoms with Gasteiger partial charge < -0.3 is 15.6 Å². The van der Waals surface area contributed by atoms with E-state index in [-0.39, 0.29) is 51.4 Å². The third-order valence-electron chi connectivity index (χ3n) is 18.0. The molecule has 328 valence electrons. The van der Waals surface area contributed by atoms with Crippen LogP contribution in [-0.2, 0) is 19.1 Å². The van der Waals surface area contributed by atoms with E-state index in [1.807, 2.05) is 12.1 Å². The maximum Gasteiger partial charge on any atom is 0.309 e. The summed E-state index contributed by atoms with van der Waals surface area (Å²) < 4.78 is 6.23. The van der Waals surface area contributed by atoms with Crippen molar-refractivity contribution in [3.63, 3.8) is 0 Å². The SMILES string of the molecule is CC(C)C1=C2C3CCC4C5(C)CCC(OC(=O)CC(C)(C)C(=O)O)C(C)(C)C5CCC4(C)C3(C)CCC2(C2=NCC=C=C(c3ccc(Cl)cc3)C(CCCN)CC2)CC1=O. The van der Waals surface area contributed by atoms with Crippen LogP contribution in [0.1, 0.15) is 158 Å². The Morgan fingerprint density at radius 1 is 0.967 bits per heavy atom. The molecule has 5 aliphatic carbocycles. The molecule has 7 rings (SSSR count). The van der Waals surface area contributed by atoms with E-state index < -0.39 is 17.4 Å². The maximum atomic E-state index is 14.6. The van der Waals surface area contributed by atoms with E-state index in [1.165, 1.54) is 16.9 Å². The average molecular weight is 842 g/mol. The van der Waals surface area contributed by atoms with Gasteiger partial charge in [-0.1, -0.05) is 72.2 Å². The van der Waals surface area contributed by atoms with Crippen LogP contribution < -0.4 is 5.73 Å². The predicted molar refractivity (Wildman–Crippen MR) is 242 cm³/mol. The fourth-order valence-corrected chi connectivity index (χ4v) is 14.9. The summed E-state index contributed by atoms with van der Waals surface area (Å²) in [6.45, 7) is 21.2. The molecule has 8 heteroatoms. The molecule has 0 amide bonds. The standard InChI is InChI=1S/C52H73ClN2O5/c1-32(2)44-38(56)30-52(41-21-16-33(12-10-28-54)36(13-11-29-55-41)34-14-17-35(53)18-15-34)27-26-50(8)37(45(44)52)19-20-40-49(7)24-23-42(60-43(57)31-47(3,4)46(58)59)48(5,6)39(49)22-25-51(40,50)9/h11,14-15,17-18,32-33,37,39-40,42H,10,12,16,19-31,54H2,1-9H3,(H,58,59). The number of fused-ring (bicyclic) bond motifs is 7. The number of ether oxygens (including phenoxy) is 1. The molecule has 3 N–H and O–H groups in total. The van der Waals surface area contributed by atoms with Crippen LogP contribution in [0.2, 0.25) is 5.02 Å². The molecule has 1 aliphatic heterocycles. The molecule has 9 atom stereocenters. The lowest BCUT2D eigenvalue weighted by Crippen LogP contribution is -2.66. The van der Waals surface area contributed by atoms with Gasteiger partial charge in [-0.2, -0.15) is 0 Å². The summed E-state index contributed by atoms with van der Waals surface area (Å²) in [7, 11) is 0. The number of aliphatic imine (C=N–C) groups is 1. The van der Waals surface area contributed by atoms with Crippen molar-refractivity contribution >= 4 is 40.6 Å². The van der Waals surface area contributed by atoms with Crippen molar-refractivity contribution < 1.29 is 24.2 Å². The average Bonchev–Trinajstić information content (AvgIpc) is 3.53. The van der Waals surface area contributed by atoms with E-state index in [2.05, 4.69) is 72.4 Å². The first-order valence-corrected chi connectivity index (χ1v) is 23.7. The topological polar surface area (TPSA) is 119 Å². The third-order valence-corrected chi connectivity index (χ3v) is 18.3. The van der Waals surface area contributed by atoms with Crippen LogP contribution in [-0.4, -0.2) is 47.7 Å². The first kappa shape index (κ1) is 45.0. The van der Waals surface area contributed by atoms with Gasteiger partial charge in [-0.15, -0.1) is 5.73 Å². The van der Waals surface area contributed by atoms with Crippen LogP contribution in [0.4, 0.5) is 0 Å². The number of ketones is 1. The summed E-state index contributed by atoms with van der Waals surface area (Å²) >= 11 is 6.32. The molecular formula is C52H73ClN2O5. The summed E-state index contributed by atoms with van der Waals surface area (Å²) in [5.41, 5.74) is 14.4. The minimum Gasteiger partial charge on any atom is -0.481 e. The molecule has 9 unspecified atom stereocenters. The van der Waals surface area contributed by atoms with Crippen molar-refractivity contribution in [3.05, 3.63) is 57.8 Å². The lowest BCUT2D eigenvalue weighted by atomic mass is 9.33. The number of aliphatic carboxylic acids is 1. The maximum absolute atomic E-state index is 14.6. The van der Waals surface area contributed by atoms with Gasteiger partial charge in [-0.25, -0.2) is 0 Å². The Balaban J connectivity index is 1.20. The molecule has 1 aromatic rings. The number of hydrogen-bond donors (Lipinski definition) is 2. The second-order valence-electron chi connectivity index (χ2n) is 22.2. The van der Waals surface area contributed by atoms with Gasteiger partial charge in [0.15, 0.2) is 5.78 Å². The number of esters is 1. The Labute approximate surface area is 365 Å². The van der Waals surface area contributed by atoms with Gasteiger partial charge in [0.05, 0.1) is 18.4 Å². The number of rotatable bonds is 10. The number of carboxylic acid groups (broad SMARTS) is 1. The summed E-state index contributed by atoms with van der Waals surface area (Å²) in [5, 5.41) is 10.4. The number of carboxylic acids is 1. The highest BCUT2D eigenvalue weighted by molar-refractivity contribution is 6.30. The van der Waals surface area contributed by atoms with Gasteiger partial charge >= 0.3 is 11.9 Å². The highest BCUT2D eigenvalue weighted by Gasteiger charge is 2.70. The van der Waals surface area contributed by atoms with Crippen LogP contribution in [0.25, 0.3) is 5.57 Å². The second kappa shape index (κ2) is 16.3. The van der Waals surface area contributed by atoms with Crippen LogP contribution in [0, 0.1) is 62.1 Å². The number of carbonyl (C=O) groups is 3. The van der Waals surface area contributed by atoms with Crippen molar-refractivity contribution in [1.29, 1.82) is 0 Å². The summed E-state index contributed by atoms with van der Waals surface area (Å²) in [5.74, 6) is 0.583. The molecule has 7 nitrogen and oxygen atoms in total. The highest BCUT2D eigenvalue weighted by Crippen LogP contribution is 2.77. The quantitative estimate of drug-likeness (QED) is 0.179. The van der Waals surface area contributed by atoms with Crippen molar-refractivity contribution in [2.75, 3.05) is 13.1 Å². The molecule has 0 saturated heterocycles. The molecule has 60 heavy (non-hydrogen) atoms. The lowest BCUT2D eigenvalue weighted by molar-refractivity contribution is -0.232. The monoisotopic (exact) mass is 841 g/mol. The number of nitrogens with two attached hydrogens (primary N) is 1. The fourth-order valence-electron chi connectivity index (χ4n) is 14.8. The van der Waals surface area contributed by atoms with E-state index in [0.717, 1.165) is 93.2 Å². The molecule has 0 radical (unpaired) electrons. The summed E-state index contributed by atoms with van der Waals surface area (Å²) in [6.07, 6.45) is 14.2. The molecule has 0 spiro atoms. The Hall–Kier alpha value is -2.99. The van der Waals surface area contributed by atoms with E-state index in [4.69, 9.17) is 27.1 Å². The fraction of sp³-hybridized carbons (Fsp3) is 0.712. The second-order valence-corrected chi connectivity index (χ2v) is 22.6. The number of allylic oxidation sites excluding steroid dienone is 2. The zero-order valence-corrected chi connectivity index (χ0v) is 38.9. The van der Waals surface area contributed by atoms with Crippen molar-refractivity contribution in [3.8, 4) is 0 Å². The van der Waals surface area contributed by atoms with Crippen molar-refractivity contribution in [2.45, 2.75) is 158 Å². The highest BCUT2D eigenvalue weighted by atomic mass is 35.5. The molecule has 0 aromatic heterocycles. The first-order valence-electron chi connectivity index (χ1n) is 23.3. The van der Waals surface area contributed by atoms with Crippen LogP contribution in [0.3, 0.4) is 0 Å². The van der Waals surface area contributed by atoms with Gasteiger partial charge in [0.25, 0.3) is 0 Å². The number of benzene rings is 1. The molecule has 1 aromatic carbocycles. The predicted octanol–water partition coefficient (Wildman–Crippen LogP) is 11.9. The zero-order chi connectivity index (χ0) is 43.6. The van der Waals surface area contributed by atoms with Crippen LogP contribution in [0.15, 0.2) is 52.2 Å². The summed E-state index contributed by atoms with van der Waals surface area (Å²) in [4.78, 5) is 45.1. The zero-order valence-electron chi connectivity index (χ0n) is 38.1. The minimum absolute atomic E-state index is 0.0231. The molecule has 6 aliphatic rings. The van der Waals surface area contributed by atoms with Crippen molar-refractivity contribution in [1.82, 2.24) is 0 Å². The molecule has 4 fully saturated rings. The van der Waals surface area contributed by atoms with Gasteiger partial charge in [0, 0.05) is 33.6 Å². The Morgan fingerprint density at radius 3 is 2.35 bits per heavy atom. The minimum atomic E-state index is -1.17. The van der Waals surface area contributed by atoms with Gasteiger partial charge in [-0.05, 0) is 178 Å². The number of carbonyl (C=O) groups excluding carboxylic acids is 2. The number of Topliss-reactive ketones (excluding diaryl/α,β-unsaturated/α-hetero) is 1. The Kier molecular flexibility index (Phi) is 12.2. The van der Waals surface area contributed by atoms with Gasteiger partial charge in [0.1, 0.15) is 6.10 Å². The largest absolute Gasteiger partial charge is 0.481 e. The van der Waals surface area contributed by atoms with Crippen LogP contribution in [0.5, 0.6) is 0 Å². The Bertz CT molecular complexity index is 2000. The smallest absolute Gasteiger partial charge is 0.309 e. The molecule has 1 heterocycles. The van der Waals surface area contributed by atoms with E-state index in [1.54, 1.807) is 13.8 Å². The molecule has 4 saturated carbocycles. The van der Waals surface area contributed by atoms with E-state index in [9.17, 15) is 19.5 Å². The first-order chi connectivity index (χ1) is 28.2. The lowest BCUT2D eigenvalue weighted by Gasteiger charge is -2.72. The van der Waals surface area contributed by atoms with Gasteiger partial charge in [-0.3, -0.25) is 19.4 Å². The third kappa shape index (κ3) is 7.33. The number of hydrogen-bond acceptors (Lipinski definition) is 6. The number of nitrogens with zero attached hydrogens (tertiary/aromatic N) is 1. The summed E-state index contributed by atoms with van der Waals surface area (Å²) in [6, 6.07) is 8.14. The van der Waals surface area contributed by atoms with Crippen LogP contribution >= 0.6 is 11.6 Å². The van der Waals surface area contributed by atoms with Crippen molar-refractivity contribution in [2.24, 2.45) is 72.8 Å². The molecule has 0 bridgehead atoms. The number of halogens is 1. The van der Waals surface area contributed by atoms with E-state index >= 15 is 0 Å². The molecular weight excluding hydrogens is 768 g/mol. The Morgan fingerprint density at radius 2 is 1.68 bits per heavy atom. The normalized spacial score (nSPS) is 36.5. The van der Waals surface area contributed by atoms with Gasteiger partial charge in [0.2, 0.25) is 0 Å². The van der Waals surface area contributed by atoms with E-state index in [0.29, 0.717) is 43.0 Å².